The van der Waals surface area contributed by atoms with Crippen LogP contribution in [0.25, 0.3) is 0 Å². The zero-order chi connectivity index (χ0) is 16.7. The highest BCUT2D eigenvalue weighted by Gasteiger charge is 2.10. The molecule has 5 nitrogen and oxygen atoms in total. The molecule has 0 aromatic heterocycles. The van der Waals surface area contributed by atoms with Crippen molar-refractivity contribution in [3.05, 3.63) is 60.2 Å². The third-order valence-corrected chi connectivity index (χ3v) is 4.26. The maximum Gasteiger partial charge on any atom is 0.241 e. The van der Waals surface area contributed by atoms with Gasteiger partial charge in [0.15, 0.2) is 0 Å². The fraction of sp³-hybridized carbons (Fsp3) is 0.118. The van der Waals surface area contributed by atoms with Gasteiger partial charge in [-0.05, 0) is 36.4 Å². The van der Waals surface area contributed by atoms with Crippen LogP contribution in [-0.4, -0.2) is 20.9 Å². The molecule has 0 aliphatic carbocycles. The topological polar surface area (TPSA) is 75.3 Å². The van der Waals surface area contributed by atoms with Crippen molar-refractivity contribution in [2.45, 2.75) is 11.8 Å². The van der Waals surface area contributed by atoms with Crippen LogP contribution >= 0.6 is 0 Å². The van der Waals surface area contributed by atoms with Gasteiger partial charge in [0.2, 0.25) is 15.9 Å². The summed E-state index contributed by atoms with van der Waals surface area (Å²) in [4.78, 5) is 11.1. The molecule has 0 aliphatic heterocycles. The van der Waals surface area contributed by atoms with Crippen LogP contribution in [-0.2, 0) is 14.8 Å². The Morgan fingerprint density at radius 2 is 1.70 bits per heavy atom. The van der Waals surface area contributed by atoms with Crippen molar-refractivity contribution in [2.24, 2.45) is 0 Å². The molecule has 0 aliphatic rings. The van der Waals surface area contributed by atoms with Gasteiger partial charge in [0.25, 0.3) is 0 Å². The van der Waals surface area contributed by atoms with Gasteiger partial charge < -0.3 is 5.32 Å². The van der Waals surface area contributed by atoms with Crippen molar-refractivity contribution in [2.75, 3.05) is 11.9 Å². The molecule has 0 fully saturated rings. The minimum absolute atomic E-state index is 0.0185. The van der Waals surface area contributed by atoms with Crippen LogP contribution < -0.4 is 10.0 Å². The molecule has 0 radical (unpaired) electrons. The average molecular weight is 328 g/mol. The van der Waals surface area contributed by atoms with Gasteiger partial charge in [-0.3, -0.25) is 4.79 Å². The highest BCUT2D eigenvalue weighted by molar-refractivity contribution is 7.89. The summed E-state index contributed by atoms with van der Waals surface area (Å²) in [5, 5.41) is 2.66. The van der Waals surface area contributed by atoms with E-state index in [4.69, 9.17) is 0 Å². The van der Waals surface area contributed by atoms with Gasteiger partial charge >= 0.3 is 0 Å². The molecule has 6 heteroatoms. The standard InChI is InChI=1S/C17H16N2O3S/c1-14(20)19-16-11-9-15(10-12-16)6-5-13-18-23(21,22)17-7-3-2-4-8-17/h2-4,7-12,18H,13H2,1H3,(H,19,20). The number of benzene rings is 2. The zero-order valence-corrected chi connectivity index (χ0v) is 13.4. The molecule has 2 rings (SSSR count). The Morgan fingerprint density at radius 3 is 2.30 bits per heavy atom. The quantitative estimate of drug-likeness (QED) is 0.843. The predicted molar refractivity (Wildman–Crippen MR) is 89.3 cm³/mol. The monoisotopic (exact) mass is 328 g/mol. The van der Waals surface area contributed by atoms with Gasteiger partial charge in [-0.25, -0.2) is 8.42 Å². The number of carbonyl (C=O) groups is 1. The van der Waals surface area contributed by atoms with Crippen molar-refractivity contribution < 1.29 is 13.2 Å². The highest BCUT2D eigenvalue weighted by Crippen LogP contribution is 2.08. The summed E-state index contributed by atoms with van der Waals surface area (Å²) in [6, 6.07) is 15.1. The average Bonchev–Trinajstić information content (AvgIpc) is 2.53. The minimum Gasteiger partial charge on any atom is -0.326 e. The van der Waals surface area contributed by atoms with E-state index in [1.54, 1.807) is 42.5 Å². The lowest BCUT2D eigenvalue weighted by molar-refractivity contribution is -0.114. The molecule has 0 spiro atoms. The van der Waals surface area contributed by atoms with E-state index in [0.717, 1.165) is 5.56 Å². The van der Waals surface area contributed by atoms with Crippen molar-refractivity contribution in [3.8, 4) is 11.8 Å². The van der Waals surface area contributed by atoms with Crippen LogP contribution in [0.15, 0.2) is 59.5 Å². The summed E-state index contributed by atoms with van der Waals surface area (Å²) < 4.78 is 26.4. The van der Waals surface area contributed by atoms with Crippen LogP contribution in [0, 0.1) is 11.8 Å². The molecule has 0 saturated carbocycles. The molecular formula is C17H16N2O3S. The van der Waals surface area contributed by atoms with Crippen LogP contribution in [0.5, 0.6) is 0 Å². The molecule has 0 atom stereocenters. The summed E-state index contributed by atoms with van der Waals surface area (Å²) in [5.41, 5.74) is 1.42. The summed E-state index contributed by atoms with van der Waals surface area (Å²) in [6.07, 6.45) is 0. The molecule has 2 aromatic carbocycles. The van der Waals surface area contributed by atoms with Crippen molar-refractivity contribution >= 4 is 21.6 Å². The fourth-order valence-corrected chi connectivity index (χ4v) is 2.74. The number of amides is 1. The summed E-state index contributed by atoms with van der Waals surface area (Å²) >= 11 is 0. The lowest BCUT2D eigenvalue weighted by Gasteiger charge is -2.02. The SMILES string of the molecule is CC(=O)Nc1ccc(C#CCNS(=O)(=O)c2ccccc2)cc1. The molecule has 0 saturated heterocycles. The molecule has 1 amide bonds. The van der Waals surface area contributed by atoms with Crippen LogP contribution in [0.2, 0.25) is 0 Å². The first-order valence-electron chi connectivity index (χ1n) is 6.88. The third-order valence-electron chi connectivity index (χ3n) is 2.84. The number of carbonyl (C=O) groups excluding carboxylic acids is 1. The molecule has 23 heavy (non-hydrogen) atoms. The highest BCUT2D eigenvalue weighted by atomic mass is 32.2. The third kappa shape index (κ3) is 5.25. The normalized spacial score (nSPS) is 10.5. The lowest BCUT2D eigenvalue weighted by atomic mass is 10.2. The number of hydrogen-bond donors (Lipinski definition) is 2. The molecule has 2 aromatic rings. The van der Waals surface area contributed by atoms with E-state index in [1.807, 2.05) is 0 Å². The van der Waals surface area contributed by atoms with E-state index in [9.17, 15) is 13.2 Å². The van der Waals surface area contributed by atoms with E-state index >= 15 is 0 Å². The van der Waals surface area contributed by atoms with E-state index in [2.05, 4.69) is 21.9 Å². The fourth-order valence-electron chi connectivity index (χ4n) is 1.80. The zero-order valence-electron chi connectivity index (χ0n) is 12.5. The number of rotatable bonds is 4. The van der Waals surface area contributed by atoms with E-state index in [-0.39, 0.29) is 17.3 Å². The minimum atomic E-state index is -3.53. The second-order valence-electron chi connectivity index (χ2n) is 4.70. The van der Waals surface area contributed by atoms with Crippen molar-refractivity contribution in [1.82, 2.24) is 4.72 Å². The smallest absolute Gasteiger partial charge is 0.241 e. The molecule has 0 unspecified atom stereocenters. The Labute approximate surface area is 135 Å². The first-order valence-corrected chi connectivity index (χ1v) is 8.37. The Hall–Kier alpha value is -2.62. The molecule has 118 valence electrons. The Morgan fingerprint density at radius 1 is 1.04 bits per heavy atom. The van der Waals surface area contributed by atoms with Gasteiger partial charge in [-0.2, -0.15) is 4.72 Å². The van der Waals surface area contributed by atoms with Crippen LogP contribution in [0.1, 0.15) is 12.5 Å². The van der Waals surface area contributed by atoms with Crippen molar-refractivity contribution in [1.29, 1.82) is 0 Å². The molecular weight excluding hydrogens is 312 g/mol. The number of sulfonamides is 1. The second kappa shape index (κ2) is 7.58. The number of anilines is 1. The van der Waals surface area contributed by atoms with Crippen LogP contribution in [0.4, 0.5) is 5.69 Å². The summed E-state index contributed by atoms with van der Waals surface area (Å²) in [7, 11) is -3.53. The van der Waals surface area contributed by atoms with E-state index < -0.39 is 10.0 Å². The van der Waals surface area contributed by atoms with Crippen molar-refractivity contribution in [3.63, 3.8) is 0 Å². The first kappa shape index (κ1) is 16.7. The maximum absolute atomic E-state index is 12.0. The second-order valence-corrected chi connectivity index (χ2v) is 6.46. The Kier molecular flexibility index (Phi) is 5.52. The molecule has 0 heterocycles. The maximum atomic E-state index is 12.0. The summed E-state index contributed by atoms with van der Waals surface area (Å²) in [5.74, 6) is 5.48. The van der Waals surface area contributed by atoms with Gasteiger partial charge in [0.1, 0.15) is 0 Å². The van der Waals surface area contributed by atoms with Gasteiger partial charge in [-0.15, -0.1) is 0 Å². The largest absolute Gasteiger partial charge is 0.326 e. The van der Waals surface area contributed by atoms with E-state index in [1.165, 1.54) is 19.1 Å². The first-order chi connectivity index (χ1) is 11.0. The molecule has 2 N–H and O–H groups in total. The van der Waals surface area contributed by atoms with E-state index in [0.29, 0.717) is 5.69 Å². The summed E-state index contributed by atoms with van der Waals surface area (Å²) in [6.45, 7) is 1.46. The molecule has 0 bridgehead atoms. The van der Waals surface area contributed by atoms with Crippen LogP contribution in [0.3, 0.4) is 0 Å². The Balaban J connectivity index is 1.94. The van der Waals surface area contributed by atoms with Gasteiger partial charge in [0, 0.05) is 18.2 Å². The number of hydrogen-bond acceptors (Lipinski definition) is 3. The number of nitrogens with one attached hydrogen (secondary N) is 2. The lowest BCUT2D eigenvalue weighted by Crippen LogP contribution is -2.23. The Bertz CT molecular complexity index is 833. The van der Waals surface area contributed by atoms with Gasteiger partial charge in [0.05, 0.1) is 11.4 Å². The predicted octanol–water partition coefficient (Wildman–Crippen LogP) is 1.97. The van der Waals surface area contributed by atoms with Gasteiger partial charge in [-0.1, -0.05) is 30.0 Å².